The molecule has 0 amide bonds. The van der Waals surface area contributed by atoms with Gasteiger partial charge in [0.25, 0.3) is 0 Å². The molecule has 1 fully saturated rings. The van der Waals surface area contributed by atoms with Crippen LogP contribution in [0.15, 0.2) is 48.5 Å². The summed E-state index contributed by atoms with van der Waals surface area (Å²) in [5, 5.41) is 3.42. The minimum Gasteiger partial charge on any atom is -0.494 e. The van der Waals surface area contributed by atoms with Crippen LogP contribution in [0.2, 0.25) is 0 Å². The molecule has 0 saturated carbocycles. The highest BCUT2D eigenvalue weighted by molar-refractivity contribution is 5.47. The number of rotatable bonds is 8. The second-order valence-electron chi connectivity index (χ2n) is 5.90. The Morgan fingerprint density at radius 2 is 1.96 bits per heavy atom. The van der Waals surface area contributed by atoms with E-state index in [1.165, 1.54) is 5.56 Å². The van der Waals surface area contributed by atoms with Gasteiger partial charge in [0.1, 0.15) is 18.1 Å². The Morgan fingerprint density at radius 1 is 1.08 bits per heavy atom. The molecule has 2 aromatic rings. The number of ether oxygens (including phenoxy) is 3. The van der Waals surface area contributed by atoms with Crippen molar-refractivity contribution in [3.05, 3.63) is 54.1 Å². The third kappa shape index (κ3) is 4.90. The quantitative estimate of drug-likeness (QED) is 0.786. The van der Waals surface area contributed by atoms with Gasteiger partial charge in [-0.3, -0.25) is 0 Å². The van der Waals surface area contributed by atoms with Gasteiger partial charge in [-0.25, -0.2) is 0 Å². The van der Waals surface area contributed by atoms with Crippen molar-refractivity contribution in [2.75, 3.05) is 25.1 Å². The summed E-state index contributed by atoms with van der Waals surface area (Å²) < 4.78 is 16.9. The average molecular weight is 327 g/mol. The van der Waals surface area contributed by atoms with Gasteiger partial charge in [-0.15, -0.1) is 0 Å². The summed E-state index contributed by atoms with van der Waals surface area (Å²) in [7, 11) is 0. The summed E-state index contributed by atoms with van der Waals surface area (Å²) >= 11 is 0. The van der Waals surface area contributed by atoms with E-state index in [9.17, 15) is 0 Å². The highest BCUT2D eigenvalue weighted by Crippen LogP contribution is 2.20. The minimum absolute atomic E-state index is 0.250. The first-order valence-electron chi connectivity index (χ1n) is 8.63. The van der Waals surface area contributed by atoms with E-state index in [0.717, 1.165) is 43.2 Å². The van der Waals surface area contributed by atoms with Crippen LogP contribution in [0.5, 0.6) is 11.5 Å². The Labute approximate surface area is 143 Å². The molecule has 1 heterocycles. The molecule has 0 radical (unpaired) electrons. The third-order valence-corrected chi connectivity index (χ3v) is 4.02. The van der Waals surface area contributed by atoms with Crippen LogP contribution in [-0.2, 0) is 11.3 Å². The first-order chi connectivity index (χ1) is 11.8. The lowest BCUT2D eigenvalue weighted by molar-refractivity contribution is 0.0679. The lowest BCUT2D eigenvalue weighted by Crippen LogP contribution is -2.16. The Morgan fingerprint density at radius 3 is 2.71 bits per heavy atom. The van der Waals surface area contributed by atoms with Crippen LogP contribution in [-0.4, -0.2) is 25.9 Å². The molecule has 128 valence electrons. The van der Waals surface area contributed by atoms with Crippen LogP contribution in [0.25, 0.3) is 0 Å². The molecule has 0 aromatic heterocycles. The Bertz CT molecular complexity index is 621. The molecule has 0 bridgehead atoms. The van der Waals surface area contributed by atoms with E-state index >= 15 is 0 Å². The van der Waals surface area contributed by atoms with Crippen molar-refractivity contribution in [3.8, 4) is 11.5 Å². The van der Waals surface area contributed by atoms with Crippen molar-refractivity contribution in [2.45, 2.75) is 32.4 Å². The zero-order valence-corrected chi connectivity index (χ0v) is 14.2. The Hall–Kier alpha value is -2.20. The number of nitrogens with one attached hydrogen (secondary N) is 1. The summed E-state index contributed by atoms with van der Waals surface area (Å²) in [6.07, 6.45) is 2.49. The van der Waals surface area contributed by atoms with Gasteiger partial charge in [0.15, 0.2) is 0 Å². The smallest absolute Gasteiger partial charge is 0.119 e. The van der Waals surface area contributed by atoms with Gasteiger partial charge in [0.2, 0.25) is 0 Å². The molecule has 1 N–H and O–H groups in total. The maximum atomic E-state index is 5.78. The van der Waals surface area contributed by atoms with E-state index in [0.29, 0.717) is 13.2 Å². The predicted octanol–water partition coefficient (Wildman–Crippen LogP) is 4.26. The number of benzene rings is 2. The van der Waals surface area contributed by atoms with Gasteiger partial charge < -0.3 is 19.5 Å². The van der Waals surface area contributed by atoms with Gasteiger partial charge in [-0.2, -0.15) is 0 Å². The van der Waals surface area contributed by atoms with Crippen LogP contribution in [0, 0.1) is 0 Å². The zero-order chi connectivity index (χ0) is 16.6. The van der Waals surface area contributed by atoms with Crippen molar-refractivity contribution < 1.29 is 14.2 Å². The lowest BCUT2D eigenvalue weighted by atomic mass is 10.2. The highest BCUT2D eigenvalue weighted by atomic mass is 16.5. The fourth-order valence-corrected chi connectivity index (χ4v) is 2.75. The van der Waals surface area contributed by atoms with Crippen molar-refractivity contribution in [2.24, 2.45) is 0 Å². The molecular weight excluding hydrogens is 302 g/mol. The van der Waals surface area contributed by atoms with Crippen molar-refractivity contribution in [1.29, 1.82) is 0 Å². The standard InChI is InChI=1S/C20H25NO3/c1-2-22-19-6-3-5-16(13-19)14-21-17-8-10-18(11-9-17)24-15-20-7-4-12-23-20/h3,5-6,8-11,13,20-21H,2,4,7,12,14-15H2,1H3. The van der Waals surface area contributed by atoms with Crippen molar-refractivity contribution in [3.63, 3.8) is 0 Å². The van der Waals surface area contributed by atoms with E-state index in [4.69, 9.17) is 14.2 Å². The number of anilines is 1. The first kappa shape index (κ1) is 16.7. The fraction of sp³-hybridized carbons (Fsp3) is 0.400. The fourth-order valence-electron chi connectivity index (χ4n) is 2.75. The Kier molecular flexibility index (Phi) is 5.96. The van der Waals surface area contributed by atoms with E-state index < -0.39 is 0 Å². The van der Waals surface area contributed by atoms with Gasteiger partial charge in [0, 0.05) is 18.8 Å². The minimum atomic E-state index is 0.250. The monoisotopic (exact) mass is 327 g/mol. The molecule has 24 heavy (non-hydrogen) atoms. The summed E-state index contributed by atoms with van der Waals surface area (Å²) in [5.41, 5.74) is 2.26. The van der Waals surface area contributed by atoms with E-state index in [1.807, 2.05) is 43.3 Å². The maximum absolute atomic E-state index is 5.78. The summed E-state index contributed by atoms with van der Waals surface area (Å²) in [6, 6.07) is 16.2. The van der Waals surface area contributed by atoms with Crippen LogP contribution >= 0.6 is 0 Å². The molecule has 1 aliphatic rings. The van der Waals surface area contributed by atoms with Gasteiger partial charge in [0.05, 0.1) is 12.7 Å². The van der Waals surface area contributed by atoms with Crippen LogP contribution < -0.4 is 14.8 Å². The Balaban J connectivity index is 1.47. The van der Waals surface area contributed by atoms with Crippen molar-refractivity contribution in [1.82, 2.24) is 0 Å². The van der Waals surface area contributed by atoms with Gasteiger partial charge >= 0.3 is 0 Å². The molecule has 0 spiro atoms. The first-order valence-corrected chi connectivity index (χ1v) is 8.63. The van der Waals surface area contributed by atoms with Crippen LogP contribution in [0.4, 0.5) is 5.69 Å². The molecule has 1 unspecified atom stereocenters. The third-order valence-electron chi connectivity index (χ3n) is 4.02. The van der Waals surface area contributed by atoms with E-state index in [1.54, 1.807) is 0 Å². The molecule has 1 aliphatic heterocycles. The average Bonchev–Trinajstić information content (AvgIpc) is 3.13. The summed E-state index contributed by atoms with van der Waals surface area (Å²) in [5.74, 6) is 1.80. The highest BCUT2D eigenvalue weighted by Gasteiger charge is 2.15. The summed E-state index contributed by atoms with van der Waals surface area (Å²) in [4.78, 5) is 0. The topological polar surface area (TPSA) is 39.7 Å². The molecule has 1 saturated heterocycles. The normalized spacial score (nSPS) is 16.8. The number of hydrogen-bond acceptors (Lipinski definition) is 4. The lowest BCUT2D eigenvalue weighted by Gasteiger charge is -2.12. The van der Waals surface area contributed by atoms with Crippen molar-refractivity contribution >= 4 is 5.69 Å². The molecular formula is C20H25NO3. The largest absolute Gasteiger partial charge is 0.494 e. The molecule has 0 aliphatic carbocycles. The zero-order valence-electron chi connectivity index (χ0n) is 14.2. The van der Waals surface area contributed by atoms with E-state index in [2.05, 4.69) is 17.4 Å². The second kappa shape index (κ2) is 8.60. The molecule has 4 nitrogen and oxygen atoms in total. The van der Waals surface area contributed by atoms with Crippen LogP contribution in [0.1, 0.15) is 25.3 Å². The van der Waals surface area contributed by atoms with Gasteiger partial charge in [-0.1, -0.05) is 12.1 Å². The van der Waals surface area contributed by atoms with Gasteiger partial charge in [-0.05, 0) is 61.7 Å². The molecule has 4 heteroatoms. The molecule has 2 aromatic carbocycles. The number of hydrogen-bond donors (Lipinski definition) is 1. The SMILES string of the molecule is CCOc1cccc(CNc2ccc(OCC3CCCO3)cc2)c1. The van der Waals surface area contributed by atoms with Crippen LogP contribution in [0.3, 0.4) is 0 Å². The predicted molar refractivity (Wildman–Crippen MR) is 95.8 cm³/mol. The summed E-state index contributed by atoms with van der Waals surface area (Å²) in [6.45, 7) is 4.94. The van der Waals surface area contributed by atoms with E-state index in [-0.39, 0.29) is 6.10 Å². The molecule has 3 rings (SSSR count). The second-order valence-corrected chi connectivity index (χ2v) is 5.90. The molecule has 1 atom stereocenters. The maximum Gasteiger partial charge on any atom is 0.119 e.